The number of phenols is 2. The van der Waals surface area contributed by atoms with Crippen molar-refractivity contribution in [1.82, 2.24) is 5.43 Å². The third-order valence-electron chi connectivity index (χ3n) is 9.32. The highest BCUT2D eigenvalue weighted by Gasteiger charge is 2.49. The molecule has 3 aliphatic rings. The molecule has 3 aromatic carbocycles. The Kier molecular flexibility index (Phi) is 9.22. The zero-order valence-electron chi connectivity index (χ0n) is 26.5. The average molecular weight is 715 g/mol. The lowest BCUT2D eigenvalue weighted by molar-refractivity contribution is -0.245. The van der Waals surface area contributed by atoms with Crippen LogP contribution in [0.3, 0.4) is 0 Å². The first-order chi connectivity index (χ1) is 23.2. The van der Waals surface area contributed by atoms with Gasteiger partial charge in [-0.05, 0) is 38.1 Å². The van der Waals surface area contributed by atoms with Gasteiger partial charge in [0.05, 0.1) is 57.9 Å². The van der Waals surface area contributed by atoms with Gasteiger partial charge in [0.15, 0.2) is 12.1 Å². The minimum absolute atomic E-state index is 0.0145. The molecule has 0 radical (unpaired) electrons. The molecule has 3 aromatic rings. The highest BCUT2D eigenvalue weighted by molar-refractivity contribution is 6.42. The first-order valence-corrected chi connectivity index (χ1v) is 16.1. The molecule has 0 saturated carbocycles. The summed E-state index contributed by atoms with van der Waals surface area (Å²) in [5, 5.41) is 50.4. The lowest BCUT2D eigenvalue weighted by Gasteiger charge is -2.42. The van der Waals surface area contributed by atoms with Gasteiger partial charge in [0.25, 0.3) is 5.91 Å². The molecule has 13 nitrogen and oxygen atoms in total. The molecule has 0 unspecified atom stereocenters. The van der Waals surface area contributed by atoms with E-state index in [1.54, 1.807) is 6.92 Å². The van der Waals surface area contributed by atoms with Crippen molar-refractivity contribution < 1.29 is 49.0 Å². The number of rotatable bonds is 6. The van der Waals surface area contributed by atoms with Crippen molar-refractivity contribution in [1.29, 1.82) is 0 Å². The van der Waals surface area contributed by atoms with Crippen LogP contribution in [0.1, 0.15) is 86.1 Å². The van der Waals surface area contributed by atoms with Crippen molar-refractivity contribution in [3.8, 4) is 17.2 Å². The van der Waals surface area contributed by atoms with Gasteiger partial charge in [0, 0.05) is 47.6 Å². The van der Waals surface area contributed by atoms with Crippen LogP contribution in [0.25, 0.3) is 0 Å². The number of hydrogen-bond acceptors (Lipinski definition) is 12. The van der Waals surface area contributed by atoms with Gasteiger partial charge in [0.2, 0.25) is 5.78 Å². The zero-order chi connectivity index (χ0) is 35.5. The summed E-state index contributed by atoms with van der Waals surface area (Å²) >= 11 is 12.0. The summed E-state index contributed by atoms with van der Waals surface area (Å²) in [5.41, 5.74) is 5.55. The minimum atomic E-state index is -1.94. The van der Waals surface area contributed by atoms with E-state index in [9.17, 15) is 34.8 Å². The molecule has 2 aliphatic carbocycles. The van der Waals surface area contributed by atoms with Gasteiger partial charge in [-0.1, -0.05) is 35.3 Å². The van der Waals surface area contributed by atoms with Crippen molar-refractivity contribution in [2.45, 2.75) is 69.4 Å². The molecule has 49 heavy (non-hydrogen) atoms. The van der Waals surface area contributed by atoms with Crippen LogP contribution in [-0.2, 0) is 15.9 Å². The zero-order valence-corrected chi connectivity index (χ0v) is 28.0. The number of hydrazone groups is 1. The van der Waals surface area contributed by atoms with Gasteiger partial charge in [0.1, 0.15) is 22.8 Å². The number of halogens is 2. The number of aliphatic hydroxyl groups is 2. The summed E-state index contributed by atoms with van der Waals surface area (Å²) in [6, 6.07) is 7.92. The molecule has 258 valence electrons. The fourth-order valence-electron chi connectivity index (χ4n) is 6.61. The summed E-state index contributed by atoms with van der Waals surface area (Å²) in [4.78, 5) is 40.6. The van der Waals surface area contributed by atoms with Crippen molar-refractivity contribution in [3.63, 3.8) is 0 Å². The molecule has 0 spiro atoms. The number of aliphatic hydroxyl groups excluding tert-OH is 1. The van der Waals surface area contributed by atoms with Gasteiger partial charge in [-0.3, -0.25) is 14.4 Å². The standard InChI is InChI=1S/C34H33Cl2N3O10/c1-13-28(40)20(37)10-23(48-13)49-22-12-34(46,14(2)38-39-33(45)15-7-8-18(35)19(36)9-15)11-17-25(22)32(44)27-26(30(17)42)29(41)16-5-4-6-21(47-3)24(16)31(27)43/h4-9,13,20,22-23,28,40,42,44,46H,10-12,37H2,1-3H3,(H,39,45)/b38-14+/t13-,20-,22-,23+,28+,34+/m1/s1. The monoisotopic (exact) mass is 713 g/mol. The van der Waals surface area contributed by atoms with Crippen molar-refractivity contribution >= 4 is 46.4 Å². The summed E-state index contributed by atoms with van der Waals surface area (Å²) in [5.74, 6) is -3.32. The Bertz CT molecular complexity index is 1920. The molecule has 7 N–H and O–H groups in total. The van der Waals surface area contributed by atoms with E-state index < -0.39 is 82.8 Å². The maximum Gasteiger partial charge on any atom is 0.271 e. The quantitative estimate of drug-likeness (QED) is 0.0966. The number of nitrogens with one attached hydrogen (secondary N) is 1. The van der Waals surface area contributed by atoms with Crippen LogP contribution >= 0.6 is 23.2 Å². The average Bonchev–Trinajstić information content (AvgIpc) is 3.06. The SMILES string of the molecule is COc1cccc2c1C(=O)c1c(O)c3c(c(O)c1C2=O)C[C@@](O)(/C(C)=N/NC(=O)c1ccc(Cl)c(Cl)c1)C[C@H]3O[C@H]1C[C@@H](N)[C@@H](O)[C@@H](C)O1. The van der Waals surface area contributed by atoms with Crippen LogP contribution in [0.5, 0.6) is 17.2 Å². The number of carbonyl (C=O) groups is 3. The number of carbonyl (C=O) groups excluding carboxylic acids is 3. The molecule has 0 bridgehead atoms. The number of benzene rings is 3. The fourth-order valence-corrected chi connectivity index (χ4v) is 6.90. The number of ether oxygens (including phenoxy) is 3. The maximum atomic E-state index is 13.9. The molecule has 1 amide bonds. The van der Waals surface area contributed by atoms with Gasteiger partial charge < -0.3 is 40.4 Å². The lowest BCUT2D eigenvalue weighted by atomic mass is 9.71. The Labute approximate surface area is 290 Å². The second-order valence-electron chi connectivity index (χ2n) is 12.3. The summed E-state index contributed by atoms with van der Waals surface area (Å²) < 4.78 is 17.5. The van der Waals surface area contributed by atoms with E-state index >= 15 is 0 Å². The number of ketones is 2. The summed E-state index contributed by atoms with van der Waals surface area (Å²) in [6.07, 6.45) is -4.71. The Morgan fingerprint density at radius 2 is 1.80 bits per heavy atom. The first-order valence-electron chi connectivity index (χ1n) is 15.3. The molecule has 6 atom stereocenters. The van der Waals surface area contributed by atoms with Crippen LogP contribution in [0.4, 0.5) is 0 Å². The largest absolute Gasteiger partial charge is 0.507 e. The third kappa shape index (κ3) is 5.95. The lowest BCUT2D eigenvalue weighted by Crippen LogP contribution is -2.52. The van der Waals surface area contributed by atoms with Gasteiger partial charge >= 0.3 is 0 Å². The second kappa shape index (κ2) is 13.0. The van der Waals surface area contributed by atoms with Crippen LogP contribution in [0.2, 0.25) is 10.0 Å². The Balaban J connectivity index is 1.44. The normalized spacial score (nSPS) is 26.4. The topological polar surface area (TPSA) is 210 Å². The van der Waals surface area contributed by atoms with E-state index in [0.717, 1.165) is 0 Å². The van der Waals surface area contributed by atoms with Crippen LogP contribution in [0, 0.1) is 0 Å². The predicted molar refractivity (Wildman–Crippen MR) is 177 cm³/mol. The minimum Gasteiger partial charge on any atom is -0.507 e. The fraction of sp³-hybridized carbons (Fsp3) is 0.353. The Morgan fingerprint density at radius 1 is 1.08 bits per heavy atom. The van der Waals surface area contributed by atoms with E-state index in [1.165, 1.54) is 50.4 Å². The molecular weight excluding hydrogens is 681 g/mol. The van der Waals surface area contributed by atoms with Crippen molar-refractivity contribution in [3.05, 3.63) is 85.4 Å². The number of methoxy groups -OCH3 is 1. The summed E-state index contributed by atoms with van der Waals surface area (Å²) in [7, 11) is 1.33. The Hall–Kier alpha value is -4.08. The van der Waals surface area contributed by atoms with E-state index in [1.807, 2.05) is 0 Å². The number of nitrogens with zero attached hydrogens (tertiary/aromatic N) is 1. The second-order valence-corrected chi connectivity index (χ2v) is 13.2. The molecule has 15 heteroatoms. The number of nitrogens with two attached hydrogens (primary N) is 1. The molecule has 1 aliphatic heterocycles. The van der Waals surface area contributed by atoms with E-state index in [2.05, 4.69) is 10.5 Å². The maximum absolute atomic E-state index is 13.9. The highest BCUT2D eigenvalue weighted by atomic mass is 35.5. The molecule has 1 heterocycles. The third-order valence-corrected chi connectivity index (χ3v) is 10.1. The number of phenolic OH excluding ortho intramolecular Hbond substituents is 2. The van der Waals surface area contributed by atoms with Crippen LogP contribution in [0.15, 0.2) is 41.5 Å². The molecule has 1 fully saturated rings. The van der Waals surface area contributed by atoms with Gasteiger partial charge in [-0.2, -0.15) is 5.10 Å². The number of hydrogen-bond donors (Lipinski definition) is 6. The predicted octanol–water partition coefficient (Wildman–Crippen LogP) is 3.55. The molecule has 6 rings (SSSR count). The number of aromatic hydroxyl groups is 2. The van der Waals surface area contributed by atoms with Crippen molar-refractivity contribution in [2.75, 3.05) is 7.11 Å². The van der Waals surface area contributed by atoms with Crippen LogP contribution in [-0.4, -0.2) is 80.9 Å². The Morgan fingerprint density at radius 3 is 2.47 bits per heavy atom. The van der Waals surface area contributed by atoms with E-state index in [0.29, 0.717) is 0 Å². The highest BCUT2D eigenvalue weighted by Crippen LogP contribution is 2.52. The van der Waals surface area contributed by atoms with E-state index in [-0.39, 0.29) is 62.2 Å². The summed E-state index contributed by atoms with van der Waals surface area (Å²) in [6.45, 7) is 3.04. The molecule has 1 saturated heterocycles. The smallest absolute Gasteiger partial charge is 0.271 e. The first kappa shape index (κ1) is 34.8. The van der Waals surface area contributed by atoms with Crippen molar-refractivity contribution in [2.24, 2.45) is 10.8 Å². The molecular formula is C34H33Cl2N3O10. The number of amides is 1. The number of fused-ring (bicyclic) bond motifs is 3. The van der Waals surface area contributed by atoms with Crippen LogP contribution < -0.4 is 15.9 Å². The van der Waals surface area contributed by atoms with Gasteiger partial charge in [-0.15, -0.1) is 0 Å². The van der Waals surface area contributed by atoms with E-state index in [4.69, 9.17) is 43.1 Å². The molecule has 0 aromatic heterocycles. The van der Waals surface area contributed by atoms with Gasteiger partial charge in [-0.25, -0.2) is 5.43 Å².